The maximum atomic E-state index is 13.1. The molecule has 1 aliphatic rings. The number of aromatic amines is 1. The zero-order valence-corrected chi connectivity index (χ0v) is 14.8. The van der Waals surface area contributed by atoms with Crippen LogP contribution in [0.25, 0.3) is 0 Å². The maximum Gasteiger partial charge on any atom is 0.274 e. The molecule has 2 unspecified atom stereocenters. The second kappa shape index (κ2) is 7.35. The lowest BCUT2D eigenvalue weighted by atomic mass is 9.96. The van der Waals surface area contributed by atoms with Gasteiger partial charge in [-0.3, -0.25) is 9.89 Å². The number of H-pyrrole nitrogens is 1. The number of hydrogen-bond acceptors (Lipinski definition) is 3. The summed E-state index contributed by atoms with van der Waals surface area (Å²) in [5, 5.41) is 7.08. The number of aromatic nitrogens is 2. The van der Waals surface area contributed by atoms with E-state index in [4.69, 9.17) is 4.74 Å². The van der Waals surface area contributed by atoms with Crippen molar-refractivity contribution in [3.63, 3.8) is 0 Å². The van der Waals surface area contributed by atoms with Crippen LogP contribution in [0.3, 0.4) is 0 Å². The van der Waals surface area contributed by atoms with E-state index in [1.807, 2.05) is 13.1 Å². The first-order chi connectivity index (χ1) is 12.0. The largest absolute Gasteiger partial charge is 0.373 e. The molecule has 1 N–H and O–H groups in total. The second-order valence-electron chi connectivity index (χ2n) is 6.87. The molecular formula is C19H24FN3O2. The van der Waals surface area contributed by atoms with Crippen molar-refractivity contribution in [1.82, 2.24) is 15.1 Å². The van der Waals surface area contributed by atoms with E-state index in [2.05, 4.69) is 24.0 Å². The van der Waals surface area contributed by atoms with Gasteiger partial charge in [0.1, 0.15) is 11.5 Å². The second-order valence-corrected chi connectivity index (χ2v) is 6.87. The molecule has 1 aliphatic heterocycles. The van der Waals surface area contributed by atoms with Crippen molar-refractivity contribution in [2.24, 2.45) is 0 Å². The molecule has 0 bridgehead atoms. The van der Waals surface area contributed by atoms with Crippen molar-refractivity contribution in [3.8, 4) is 0 Å². The Morgan fingerprint density at radius 1 is 1.36 bits per heavy atom. The van der Waals surface area contributed by atoms with E-state index < -0.39 is 0 Å². The number of carbonyl (C=O) groups excluding carboxylic acids is 1. The summed E-state index contributed by atoms with van der Waals surface area (Å²) < 4.78 is 18.9. The normalized spacial score (nSPS) is 20.7. The van der Waals surface area contributed by atoms with Crippen LogP contribution in [0.15, 0.2) is 30.3 Å². The zero-order valence-electron chi connectivity index (χ0n) is 14.8. The minimum atomic E-state index is -0.261. The van der Waals surface area contributed by atoms with E-state index in [0.717, 1.165) is 17.7 Å². The molecule has 0 radical (unpaired) electrons. The summed E-state index contributed by atoms with van der Waals surface area (Å²) >= 11 is 0. The molecule has 5 nitrogen and oxygen atoms in total. The maximum absolute atomic E-state index is 13.1. The van der Waals surface area contributed by atoms with Crippen LogP contribution in [0.2, 0.25) is 0 Å². The minimum Gasteiger partial charge on any atom is -0.373 e. The van der Waals surface area contributed by atoms with Crippen molar-refractivity contribution in [1.29, 1.82) is 0 Å². The van der Waals surface area contributed by atoms with Crippen molar-refractivity contribution in [2.75, 3.05) is 13.7 Å². The number of nitrogens with zero attached hydrogens (tertiary/aromatic N) is 2. The monoisotopic (exact) mass is 345 g/mol. The molecule has 2 heterocycles. The molecule has 0 saturated carbocycles. The van der Waals surface area contributed by atoms with Gasteiger partial charge < -0.3 is 9.64 Å². The first-order valence-corrected chi connectivity index (χ1v) is 8.65. The average molecular weight is 345 g/mol. The SMILES string of the molecule is CC(C)c1cc(C(=O)N(C)C2CCOC(c3ccc(F)cc3)C2)n[nH]1. The zero-order chi connectivity index (χ0) is 18.0. The fourth-order valence-corrected chi connectivity index (χ4v) is 3.13. The van der Waals surface area contributed by atoms with E-state index in [-0.39, 0.29) is 23.9 Å². The smallest absolute Gasteiger partial charge is 0.274 e. The number of benzene rings is 1. The van der Waals surface area contributed by atoms with Gasteiger partial charge >= 0.3 is 0 Å². The fraction of sp³-hybridized carbons (Fsp3) is 0.474. The van der Waals surface area contributed by atoms with Gasteiger partial charge in [0, 0.05) is 25.4 Å². The molecule has 0 spiro atoms. The fourth-order valence-electron chi connectivity index (χ4n) is 3.13. The van der Waals surface area contributed by atoms with Crippen LogP contribution in [-0.4, -0.2) is 40.7 Å². The van der Waals surface area contributed by atoms with E-state index in [1.54, 1.807) is 17.0 Å². The predicted molar refractivity (Wildman–Crippen MR) is 92.9 cm³/mol. The molecule has 1 fully saturated rings. The molecule has 1 amide bonds. The van der Waals surface area contributed by atoms with Gasteiger partial charge in [0.2, 0.25) is 0 Å². The summed E-state index contributed by atoms with van der Waals surface area (Å²) in [4.78, 5) is 14.5. The molecular weight excluding hydrogens is 321 g/mol. The third-order valence-electron chi connectivity index (χ3n) is 4.80. The first-order valence-electron chi connectivity index (χ1n) is 8.65. The third-order valence-corrected chi connectivity index (χ3v) is 4.80. The standard InChI is InChI=1S/C19H24FN3O2/c1-12(2)16-11-17(22-21-16)19(24)23(3)15-8-9-25-18(10-15)13-4-6-14(20)7-5-13/h4-7,11-12,15,18H,8-10H2,1-3H3,(H,21,22). The van der Waals surface area contributed by atoms with Crippen LogP contribution in [0.5, 0.6) is 0 Å². The summed E-state index contributed by atoms with van der Waals surface area (Å²) in [6.07, 6.45) is 1.34. The first kappa shape index (κ1) is 17.6. The van der Waals surface area contributed by atoms with Gasteiger partial charge in [-0.05, 0) is 42.5 Å². The van der Waals surface area contributed by atoms with Crippen LogP contribution < -0.4 is 0 Å². The number of amides is 1. The van der Waals surface area contributed by atoms with Crippen LogP contribution in [0.4, 0.5) is 4.39 Å². The van der Waals surface area contributed by atoms with Gasteiger partial charge in [-0.25, -0.2) is 4.39 Å². The molecule has 0 aliphatic carbocycles. The summed E-state index contributed by atoms with van der Waals surface area (Å²) in [7, 11) is 1.81. The van der Waals surface area contributed by atoms with Gasteiger partial charge in [0.25, 0.3) is 5.91 Å². The lowest BCUT2D eigenvalue weighted by molar-refractivity contribution is -0.0198. The van der Waals surface area contributed by atoms with E-state index in [1.165, 1.54) is 12.1 Å². The Hall–Kier alpha value is -2.21. The Morgan fingerprint density at radius 3 is 2.72 bits per heavy atom. The van der Waals surface area contributed by atoms with Gasteiger partial charge in [0.05, 0.1) is 6.10 Å². The molecule has 1 aromatic heterocycles. The third kappa shape index (κ3) is 3.90. The van der Waals surface area contributed by atoms with Gasteiger partial charge in [-0.15, -0.1) is 0 Å². The number of hydrogen-bond donors (Lipinski definition) is 1. The summed E-state index contributed by atoms with van der Waals surface area (Å²) in [6, 6.07) is 8.25. The molecule has 3 rings (SSSR count). The lowest BCUT2D eigenvalue weighted by Gasteiger charge is -2.35. The molecule has 6 heteroatoms. The topological polar surface area (TPSA) is 58.2 Å². The van der Waals surface area contributed by atoms with Crippen molar-refractivity contribution in [3.05, 3.63) is 53.1 Å². The molecule has 2 atom stereocenters. The lowest BCUT2D eigenvalue weighted by Crippen LogP contribution is -2.41. The summed E-state index contributed by atoms with van der Waals surface area (Å²) in [6.45, 7) is 4.68. The van der Waals surface area contributed by atoms with Gasteiger partial charge in [-0.2, -0.15) is 5.10 Å². The van der Waals surface area contributed by atoms with Crippen LogP contribution >= 0.6 is 0 Å². The quantitative estimate of drug-likeness (QED) is 0.920. The highest BCUT2D eigenvalue weighted by molar-refractivity contribution is 5.92. The minimum absolute atomic E-state index is 0.0653. The van der Waals surface area contributed by atoms with Gasteiger partial charge in [0.15, 0.2) is 0 Å². The Morgan fingerprint density at radius 2 is 2.08 bits per heavy atom. The predicted octanol–water partition coefficient (Wildman–Crippen LogP) is 3.66. The Labute approximate surface area is 147 Å². The van der Waals surface area contributed by atoms with Crippen LogP contribution in [-0.2, 0) is 4.74 Å². The van der Waals surface area contributed by atoms with E-state index in [9.17, 15) is 9.18 Å². The highest BCUT2D eigenvalue weighted by Gasteiger charge is 2.30. The number of rotatable bonds is 4. The highest BCUT2D eigenvalue weighted by atomic mass is 19.1. The van der Waals surface area contributed by atoms with E-state index in [0.29, 0.717) is 24.6 Å². The van der Waals surface area contributed by atoms with E-state index >= 15 is 0 Å². The highest BCUT2D eigenvalue weighted by Crippen LogP contribution is 2.30. The molecule has 1 saturated heterocycles. The van der Waals surface area contributed by atoms with Crippen molar-refractivity contribution < 1.29 is 13.9 Å². The Bertz CT molecular complexity index is 727. The number of ether oxygens (including phenoxy) is 1. The van der Waals surface area contributed by atoms with Crippen molar-refractivity contribution in [2.45, 2.75) is 44.8 Å². The van der Waals surface area contributed by atoms with Gasteiger partial charge in [-0.1, -0.05) is 26.0 Å². The Kier molecular flexibility index (Phi) is 5.18. The average Bonchev–Trinajstić information content (AvgIpc) is 3.11. The Balaban J connectivity index is 1.69. The summed E-state index contributed by atoms with van der Waals surface area (Å²) in [5.41, 5.74) is 2.33. The van der Waals surface area contributed by atoms with Crippen LogP contribution in [0, 0.1) is 5.82 Å². The molecule has 2 aromatic rings. The summed E-state index contributed by atoms with van der Waals surface area (Å²) in [5.74, 6) is -0.0545. The number of nitrogens with one attached hydrogen (secondary N) is 1. The number of halogens is 1. The molecule has 25 heavy (non-hydrogen) atoms. The van der Waals surface area contributed by atoms with Crippen LogP contribution in [0.1, 0.15) is 60.5 Å². The molecule has 134 valence electrons. The van der Waals surface area contributed by atoms with Crippen molar-refractivity contribution >= 4 is 5.91 Å². The molecule has 1 aromatic carbocycles. The number of carbonyl (C=O) groups is 1.